The van der Waals surface area contributed by atoms with Crippen molar-refractivity contribution in [2.45, 2.75) is 0 Å². The van der Waals surface area contributed by atoms with Gasteiger partial charge in [-0.1, -0.05) is 18.2 Å². The minimum absolute atomic E-state index is 0.660. The molecule has 1 aromatic heterocycles. The van der Waals surface area contributed by atoms with E-state index in [4.69, 9.17) is 4.74 Å². The van der Waals surface area contributed by atoms with Gasteiger partial charge in [0, 0.05) is 3.57 Å². The number of aromatic nitrogens is 2. The maximum absolute atomic E-state index is 5.35. The predicted molar refractivity (Wildman–Crippen MR) is 80.3 cm³/mol. The van der Waals surface area contributed by atoms with Crippen molar-refractivity contribution in [2.75, 3.05) is 7.11 Å². The van der Waals surface area contributed by atoms with E-state index < -0.39 is 0 Å². The van der Waals surface area contributed by atoms with E-state index in [-0.39, 0.29) is 0 Å². The lowest BCUT2D eigenvalue weighted by molar-refractivity contribution is 0.398. The third-order valence-corrected chi connectivity index (χ3v) is 3.47. The first-order chi connectivity index (χ1) is 8.79. The van der Waals surface area contributed by atoms with Gasteiger partial charge in [-0.2, -0.15) is 0 Å². The standard InChI is InChI=1S/C14H11IN2O/c1-18-14-12-9-10(15)7-8-13(12)17(16-14)11-5-3-2-4-6-11/h2-9H,1H3. The number of nitrogens with zero attached hydrogens (tertiary/aromatic N) is 2. The molecule has 3 nitrogen and oxygen atoms in total. The van der Waals surface area contributed by atoms with E-state index in [9.17, 15) is 0 Å². The molecule has 0 bridgehead atoms. The number of ether oxygens (including phenoxy) is 1. The van der Waals surface area contributed by atoms with Gasteiger partial charge in [0.25, 0.3) is 0 Å². The quantitative estimate of drug-likeness (QED) is 0.660. The molecule has 0 unspecified atom stereocenters. The van der Waals surface area contributed by atoms with Gasteiger partial charge < -0.3 is 4.74 Å². The van der Waals surface area contributed by atoms with Crippen molar-refractivity contribution in [1.82, 2.24) is 9.78 Å². The van der Waals surface area contributed by atoms with Gasteiger partial charge >= 0.3 is 0 Å². The topological polar surface area (TPSA) is 27.1 Å². The fourth-order valence-electron chi connectivity index (χ4n) is 1.98. The zero-order valence-electron chi connectivity index (χ0n) is 9.80. The Hall–Kier alpha value is -1.56. The van der Waals surface area contributed by atoms with Crippen LogP contribution in [0.5, 0.6) is 5.88 Å². The second-order valence-corrected chi connectivity index (χ2v) is 5.16. The molecule has 0 saturated carbocycles. The molecule has 4 heteroatoms. The van der Waals surface area contributed by atoms with Crippen LogP contribution in [0.3, 0.4) is 0 Å². The molecule has 3 rings (SSSR count). The minimum Gasteiger partial charge on any atom is -0.479 e. The van der Waals surface area contributed by atoms with Crippen LogP contribution in [0.1, 0.15) is 0 Å². The number of para-hydroxylation sites is 1. The smallest absolute Gasteiger partial charge is 0.240 e. The number of benzene rings is 2. The lowest BCUT2D eigenvalue weighted by Gasteiger charge is -2.02. The molecular formula is C14H11IN2O. The highest BCUT2D eigenvalue weighted by Crippen LogP contribution is 2.28. The summed E-state index contributed by atoms with van der Waals surface area (Å²) in [4.78, 5) is 0. The second kappa shape index (κ2) is 4.61. The molecular weight excluding hydrogens is 339 g/mol. The van der Waals surface area contributed by atoms with Crippen LogP contribution in [-0.2, 0) is 0 Å². The summed E-state index contributed by atoms with van der Waals surface area (Å²) in [6.07, 6.45) is 0. The Balaban J connectivity index is 2.31. The van der Waals surface area contributed by atoms with Gasteiger partial charge in [0.1, 0.15) is 0 Å². The summed E-state index contributed by atoms with van der Waals surface area (Å²) >= 11 is 2.29. The van der Waals surface area contributed by atoms with Gasteiger partial charge in [-0.05, 0) is 52.9 Å². The van der Waals surface area contributed by atoms with Crippen molar-refractivity contribution in [1.29, 1.82) is 0 Å². The van der Waals surface area contributed by atoms with Gasteiger partial charge in [-0.15, -0.1) is 5.10 Å². The van der Waals surface area contributed by atoms with Gasteiger partial charge in [-0.25, -0.2) is 4.68 Å². The number of methoxy groups -OCH3 is 1. The van der Waals surface area contributed by atoms with Crippen molar-refractivity contribution < 1.29 is 4.74 Å². The molecule has 0 radical (unpaired) electrons. The molecule has 0 atom stereocenters. The highest BCUT2D eigenvalue weighted by atomic mass is 127. The fourth-order valence-corrected chi connectivity index (χ4v) is 2.47. The van der Waals surface area contributed by atoms with Crippen molar-refractivity contribution in [2.24, 2.45) is 0 Å². The third kappa shape index (κ3) is 1.86. The van der Waals surface area contributed by atoms with E-state index in [0.29, 0.717) is 5.88 Å². The van der Waals surface area contributed by atoms with Crippen LogP contribution < -0.4 is 4.74 Å². The number of fused-ring (bicyclic) bond motifs is 1. The number of hydrogen-bond donors (Lipinski definition) is 0. The Kier molecular flexibility index (Phi) is 2.95. The Morgan fingerprint density at radius 3 is 2.61 bits per heavy atom. The van der Waals surface area contributed by atoms with E-state index in [0.717, 1.165) is 16.6 Å². The van der Waals surface area contributed by atoms with Crippen LogP contribution in [0.25, 0.3) is 16.6 Å². The van der Waals surface area contributed by atoms with Gasteiger partial charge in [0.15, 0.2) is 0 Å². The average molecular weight is 350 g/mol. The maximum Gasteiger partial charge on any atom is 0.240 e. The van der Waals surface area contributed by atoms with Crippen LogP contribution in [0, 0.1) is 3.57 Å². The summed E-state index contributed by atoms with van der Waals surface area (Å²) in [6.45, 7) is 0. The Bertz CT molecular complexity index is 692. The molecule has 2 aromatic carbocycles. The fraction of sp³-hybridized carbons (Fsp3) is 0.0714. The molecule has 0 aliphatic carbocycles. The summed E-state index contributed by atoms with van der Waals surface area (Å²) in [7, 11) is 1.65. The summed E-state index contributed by atoms with van der Waals surface area (Å²) in [5, 5.41) is 5.55. The highest BCUT2D eigenvalue weighted by Gasteiger charge is 2.12. The van der Waals surface area contributed by atoms with E-state index >= 15 is 0 Å². The van der Waals surface area contributed by atoms with E-state index in [1.165, 1.54) is 3.57 Å². The highest BCUT2D eigenvalue weighted by molar-refractivity contribution is 14.1. The molecule has 90 valence electrons. The maximum atomic E-state index is 5.35. The monoisotopic (exact) mass is 350 g/mol. The molecule has 0 N–H and O–H groups in total. The molecule has 0 aliphatic heterocycles. The molecule has 18 heavy (non-hydrogen) atoms. The first-order valence-electron chi connectivity index (χ1n) is 5.57. The normalized spacial score (nSPS) is 10.8. The Morgan fingerprint density at radius 1 is 1.11 bits per heavy atom. The summed E-state index contributed by atoms with van der Waals surface area (Å²) in [6, 6.07) is 16.3. The molecule has 0 saturated heterocycles. The van der Waals surface area contributed by atoms with Gasteiger partial charge in [-0.3, -0.25) is 0 Å². The van der Waals surface area contributed by atoms with Crippen LogP contribution in [0.4, 0.5) is 0 Å². The predicted octanol–water partition coefficient (Wildman–Crippen LogP) is 3.64. The lowest BCUT2D eigenvalue weighted by Crippen LogP contribution is -1.95. The first-order valence-corrected chi connectivity index (χ1v) is 6.65. The van der Waals surface area contributed by atoms with Crippen molar-refractivity contribution in [3.8, 4) is 11.6 Å². The molecule has 1 heterocycles. The summed E-state index contributed by atoms with van der Waals surface area (Å²) < 4.78 is 8.43. The Morgan fingerprint density at radius 2 is 1.89 bits per heavy atom. The Labute approximate surface area is 119 Å². The number of halogens is 1. The number of rotatable bonds is 2. The molecule has 0 amide bonds. The summed E-state index contributed by atoms with van der Waals surface area (Å²) in [5.74, 6) is 0.660. The zero-order chi connectivity index (χ0) is 12.5. The second-order valence-electron chi connectivity index (χ2n) is 3.92. The van der Waals surface area contributed by atoms with E-state index in [1.54, 1.807) is 7.11 Å². The van der Waals surface area contributed by atoms with Gasteiger partial charge in [0.2, 0.25) is 5.88 Å². The molecule has 0 fully saturated rings. The summed E-state index contributed by atoms with van der Waals surface area (Å²) in [5.41, 5.74) is 2.09. The molecule has 0 spiro atoms. The average Bonchev–Trinajstić information content (AvgIpc) is 2.77. The third-order valence-electron chi connectivity index (χ3n) is 2.80. The minimum atomic E-state index is 0.660. The van der Waals surface area contributed by atoms with Crippen molar-refractivity contribution in [3.63, 3.8) is 0 Å². The van der Waals surface area contributed by atoms with Crippen LogP contribution in [-0.4, -0.2) is 16.9 Å². The lowest BCUT2D eigenvalue weighted by atomic mass is 10.2. The largest absolute Gasteiger partial charge is 0.479 e. The van der Waals surface area contributed by atoms with E-state index in [2.05, 4.69) is 45.9 Å². The van der Waals surface area contributed by atoms with Gasteiger partial charge in [0.05, 0.1) is 23.7 Å². The van der Waals surface area contributed by atoms with Crippen molar-refractivity contribution >= 4 is 33.5 Å². The van der Waals surface area contributed by atoms with Crippen molar-refractivity contribution in [3.05, 3.63) is 52.1 Å². The first kappa shape index (κ1) is 11.5. The SMILES string of the molecule is COc1nn(-c2ccccc2)c2ccc(I)cc12. The molecule has 3 aromatic rings. The van der Waals surface area contributed by atoms with Crippen LogP contribution in [0.15, 0.2) is 48.5 Å². The zero-order valence-corrected chi connectivity index (χ0v) is 12.0. The number of hydrogen-bond acceptors (Lipinski definition) is 2. The molecule has 0 aliphatic rings. The van der Waals surface area contributed by atoms with E-state index in [1.807, 2.05) is 35.0 Å². The van der Waals surface area contributed by atoms with Crippen LogP contribution >= 0.6 is 22.6 Å². The van der Waals surface area contributed by atoms with Crippen LogP contribution in [0.2, 0.25) is 0 Å².